The highest BCUT2D eigenvalue weighted by Gasteiger charge is 2.29. The highest BCUT2D eigenvalue weighted by atomic mass is 16.5. The minimum Gasteiger partial charge on any atom is -0.496 e. The van der Waals surface area contributed by atoms with Crippen LogP contribution < -0.4 is 9.64 Å². The first-order chi connectivity index (χ1) is 13.2. The number of rotatable bonds is 3. The van der Waals surface area contributed by atoms with E-state index in [0.29, 0.717) is 23.4 Å². The number of fused-ring (bicyclic) bond motifs is 1. The van der Waals surface area contributed by atoms with Gasteiger partial charge in [0.25, 0.3) is 5.91 Å². The molecule has 1 aliphatic rings. The van der Waals surface area contributed by atoms with E-state index in [1.54, 1.807) is 42.5 Å². The molecule has 2 heterocycles. The zero-order valence-corrected chi connectivity index (χ0v) is 14.8. The summed E-state index contributed by atoms with van der Waals surface area (Å²) in [5.74, 6) is 0.470. The second-order valence-electron chi connectivity index (χ2n) is 6.28. The first-order valence-corrected chi connectivity index (χ1v) is 8.65. The third-order valence-electron chi connectivity index (χ3n) is 4.82. The van der Waals surface area contributed by atoms with Crippen LogP contribution in [0.15, 0.2) is 60.9 Å². The number of anilines is 1. The Balaban J connectivity index is 1.73. The lowest BCUT2D eigenvalue weighted by atomic mass is 9.99. The van der Waals surface area contributed by atoms with Gasteiger partial charge in [-0.3, -0.25) is 9.78 Å². The van der Waals surface area contributed by atoms with Gasteiger partial charge >= 0.3 is 0 Å². The van der Waals surface area contributed by atoms with Crippen molar-refractivity contribution in [3.05, 3.63) is 77.6 Å². The summed E-state index contributed by atoms with van der Waals surface area (Å²) in [5, 5.41) is 8.98. The highest BCUT2D eigenvalue weighted by molar-refractivity contribution is 6.09. The fraction of sp³-hybridized carbons (Fsp3) is 0.136. The molecule has 0 atom stereocenters. The average molecular weight is 355 g/mol. The van der Waals surface area contributed by atoms with E-state index in [0.717, 1.165) is 28.8 Å². The number of nitriles is 1. The number of ether oxygens (including phenoxy) is 1. The van der Waals surface area contributed by atoms with Gasteiger partial charge in [0.15, 0.2) is 0 Å². The molecule has 1 aromatic heterocycles. The molecule has 1 aliphatic heterocycles. The van der Waals surface area contributed by atoms with Gasteiger partial charge in [-0.25, -0.2) is 0 Å². The van der Waals surface area contributed by atoms with Gasteiger partial charge < -0.3 is 9.64 Å². The number of para-hydroxylation sites is 1. The summed E-state index contributed by atoms with van der Waals surface area (Å²) in [7, 11) is 1.56. The van der Waals surface area contributed by atoms with Gasteiger partial charge in [0.1, 0.15) is 5.75 Å². The summed E-state index contributed by atoms with van der Waals surface area (Å²) in [6.07, 6.45) is 4.31. The summed E-state index contributed by atoms with van der Waals surface area (Å²) in [6, 6.07) is 16.8. The van der Waals surface area contributed by atoms with E-state index in [4.69, 9.17) is 10.00 Å². The van der Waals surface area contributed by atoms with Crippen LogP contribution in [0.25, 0.3) is 11.1 Å². The first-order valence-electron chi connectivity index (χ1n) is 8.65. The SMILES string of the molecule is COc1ccccc1C(=O)N1CCc2c(-c3ccc(C#N)cc3)cncc21. The molecule has 0 spiro atoms. The molecule has 0 unspecified atom stereocenters. The van der Waals surface area contributed by atoms with Crippen LogP contribution in [0.5, 0.6) is 5.75 Å². The van der Waals surface area contributed by atoms with Crippen molar-refractivity contribution in [3.63, 3.8) is 0 Å². The molecule has 5 heteroatoms. The van der Waals surface area contributed by atoms with Crippen molar-refractivity contribution in [1.82, 2.24) is 4.98 Å². The third kappa shape index (κ3) is 2.91. The smallest absolute Gasteiger partial charge is 0.262 e. The standard InChI is InChI=1S/C22H17N3O2/c1-27-21-5-3-2-4-18(21)22(26)25-11-10-17-19(13-24-14-20(17)25)16-8-6-15(12-23)7-9-16/h2-9,13-14H,10-11H2,1H3. The molecule has 1 amide bonds. The Morgan fingerprint density at radius 2 is 1.93 bits per heavy atom. The van der Waals surface area contributed by atoms with Crippen molar-refractivity contribution >= 4 is 11.6 Å². The summed E-state index contributed by atoms with van der Waals surface area (Å²) >= 11 is 0. The molecule has 4 rings (SSSR count). The van der Waals surface area contributed by atoms with Gasteiger partial charge in [0, 0.05) is 18.3 Å². The van der Waals surface area contributed by atoms with Gasteiger partial charge in [-0.2, -0.15) is 5.26 Å². The second-order valence-corrected chi connectivity index (χ2v) is 6.28. The van der Waals surface area contributed by atoms with Crippen molar-refractivity contribution in [1.29, 1.82) is 5.26 Å². The summed E-state index contributed by atoms with van der Waals surface area (Å²) in [5.41, 5.74) is 5.06. The Hall–Kier alpha value is -3.65. The van der Waals surface area contributed by atoms with Gasteiger partial charge in [-0.1, -0.05) is 24.3 Å². The van der Waals surface area contributed by atoms with Crippen LogP contribution >= 0.6 is 0 Å². The number of hydrogen-bond donors (Lipinski definition) is 0. The number of methoxy groups -OCH3 is 1. The maximum absolute atomic E-state index is 13.1. The van der Waals surface area contributed by atoms with E-state index in [9.17, 15) is 4.79 Å². The van der Waals surface area contributed by atoms with Crippen molar-refractivity contribution in [2.24, 2.45) is 0 Å². The van der Waals surface area contributed by atoms with E-state index in [2.05, 4.69) is 11.1 Å². The van der Waals surface area contributed by atoms with Crippen LogP contribution in [-0.2, 0) is 6.42 Å². The van der Waals surface area contributed by atoms with Crippen LogP contribution in [-0.4, -0.2) is 24.5 Å². The highest BCUT2D eigenvalue weighted by Crippen LogP contribution is 2.36. The van der Waals surface area contributed by atoms with E-state index < -0.39 is 0 Å². The number of amides is 1. The molecule has 0 N–H and O–H groups in total. The number of nitrogens with zero attached hydrogens (tertiary/aromatic N) is 3. The Kier molecular flexibility index (Phi) is 4.31. The van der Waals surface area contributed by atoms with Crippen LogP contribution in [0.3, 0.4) is 0 Å². The molecule has 0 bridgehead atoms. The lowest BCUT2D eigenvalue weighted by Crippen LogP contribution is -2.29. The van der Waals surface area contributed by atoms with Crippen LogP contribution in [0.4, 0.5) is 5.69 Å². The molecule has 132 valence electrons. The number of benzene rings is 2. The second kappa shape index (κ2) is 6.93. The Morgan fingerprint density at radius 3 is 2.67 bits per heavy atom. The largest absolute Gasteiger partial charge is 0.496 e. The number of carbonyl (C=O) groups is 1. The van der Waals surface area contributed by atoms with Gasteiger partial charge in [0.05, 0.1) is 36.2 Å². The molecule has 3 aromatic rings. The maximum Gasteiger partial charge on any atom is 0.262 e. The fourth-order valence-corrected chi connectivity index (χ4v) is 3.47. The molecule has 27 heavy (non-hydrogen) atoms. The minimum atomic E-state index is -0.0926. The summed E-state index contributed by atoms with van der Waals surface area (Å²) in [4.78, 5) is 19.2. The minimum absolute atomic E-state index is 0.0926. The Morgan fingerprint density at radius 1 is 1.15 bits per heavy atom. The van der Waals surface area contributed by atoms with E-state index in [1.807, 2.05) is 30.5 Å². The topological polar surface area (TPSA) is 66.2 Å². The van der Waals surface area contributed by atoms with E-state index in [-0.39, 0.29) is 5.91 Å². The van der Waals surface area contributed by atoms with E-state index in [1.165, 1.54) is 0 Å². The third-order valence-corrected chi connectivity index (χ3v) is 4.82. The lowest BCUT2D eigenvalue weighted by molar-refractivity contribution is 0.0986. The molecule has 0 aliphatic carbocycles. The lowest BCUT2D eigenvalue weighted by Gasteiger charge is -2.19. The van der Waals surface area contributed by atoms with Crippen molar-refractivity contribution in [3.8, 4) is 22.9 Å². The average Bonchev–Trinajstić information content (AvgIpc) is 3.17. The van der Waals surface area contributed by atoms with Gasteiger partial charge in [-0.05, 0) is 41.8 Å². The molecular formula is C22H17N3O2. The Labute approximate surface area is 157 Å². The molecule has 5 nitrogen and oxygen atoms in total. The first kappa shape index (κ1) is 16.8. The maximum atomic E-state index is 13.1. The number of aromatic nitrogens is 1. The molecule has 0 radical (unpaired) electrons. The van der Waals surface area contributed by atoms with Crippen LogP contribution in [0.2, 0.25) is 0 Å². The summed E-state index contributed by atoms with van der Waals surface area (Å²) < 4.78 is 5.34. The fourth-order valence-electron chi connectivity index (χ4n) is 3.47. The molecule has 0 saturated carbocycles. The quantitative estimate of drug-likeness (QED) is 0.716. The normalized spacial score (nSPS) is 12.4. The predicted molar refractivity (Wildman–Crippen MR) is 103 cm³/mol. The molecular weight excluding hydrogens is 338 g/mol. The summed E-state index contributed by atoms with van der Waals surface area (Å²) in [6.45, 7) is 0.598. The van der Waals surface area contributed by atoms with Crippen LogP contribution in [0.1, 0.15) is 21.5 Å². The van der Waals surface area contributed by atoms with Gasteiger partial charge in [0.2, 0.25) is 0 Å². The Bertz CT molecular complexity index is 1050. The zero-order valence-electron chi connectivity index (χ0n) is 14.8. The molecule has 0 fully saturated rings. The molecule has 2 aromatic carbocycles. The monoisotopic (exact) mass is 355 g/mol. The predicted octanol–water partition coefficient (Wildman–Crippen LogP) is 3.83. The van der Waals surface area contributed by atoms with Crippen molar-refractivity contribution in [2.45, 2.75) is 6.42 Å². The number of pyridine rings is 1. The van der Waals surface area contributed by atoms with Crippen molar-refractivity contribution < 1.29 is 9.53 Å². The van der Waals surface area contributed by atoms with Crippen LogP contribution in [0, 0.1) is 11.3 Å². The van der Waals surface area contributed by atoms with E-state index >= 15 is 0 Å². The molecule has 0 saturated heterocycles. The van der Waals surface area contributed by atoms with Gasteiger partial charge in [-0.15, -0.1) is 0 Å². The zero-order chi connectivity index (χ0) is 18.8. The van der Waals surface area contributed by atoms with Crippen molar-refractivity contribution in [2.75, 3.05) is 18.6 Å². The number of hydrogen-bond acceptors (Lipinski definition) is 4. The number of carbonyl (C=O) groups excluding carboxylic acids is 1.